The molecule has 0 aliphatic carbocycles. The van der Waals surface area contributed by atoms with E-state index in [0.29, 0.717) is 27.6 Å². The maximum atomic E-state index is 9.03. The van der Waals surface area contributed by atoms with Gasteiger partial charge in [0.2, 0.25) is 5.71 Å². The number of nitrogens with zero attached hydrogens (tertiary/aromatic N) is 3. The Morgan fingerprint density at radius 3 is 1.95 bits per heavy atom. The molecular weight excluding hydrogens is 966 g/mol. The summed E-state index contributed by atoms with van der Waals surface area (Å²) in [6.07, 6.45) is 2.72. The summed E-state index contributed by atoms with van der Waals surface area (Å²) in [6.45, 7) is -5.09. The van der Waals surface area contributed by atoms with Gasteiger partial charge < -0.3 is 19.1 Å². The molecule has 0 bridgehead atoms. The molecule has 5 nitrogen and oxygen atoms in total. The van der Waals surface area contributed by atoms with E-state index < -0.39 is 38.5 Å². The van der Waals surface area contributed by atoms with Gasteiger partial charge in [0.1, 0.15) is 0 Å². The minimum absolute atomic E-state index is 0. The molecule has 4 heterocycles. The largest absolute Gasteiger partial charge is 2.00 e. The van der Waals surface area contributed by atoms with Gasteiger partial charge in [0.15, 0.2) is 0 Å². The van der Waals surface area contributed by atoms with Crippen LogP contribution in [-0.4, -0.2) is 15.0 Å². The van der Waals surface area contributed by atoms with Crippen molar-refractivity contribution in [2.24, 2.45) is 0 Å². The second-order valence-electron chi connectivity index (χ2n) is 15.6. The van der Waals surface area contributed by atoms with Crippen molar-refractivity contribution in [3.63, 3.8) is 0 Å². The third-order valence-corrected chi connectivity index (χ3v) is 11.3. The smallest absolute Gasteiger partial charge is 0.496 e. The van der Waals surface area contributed by atoms with Crippen molar-refractivity contribution in [3.05, 3.63) is 197 Å². The van der Waals surface area contributed by atoms with Crippen molar-refractivity contribution in [2.45, 2.75) is 48.2 Å². The van der Waals surface area contributed by atoms with Crippen LogP contribution in [0.3, 0.4) is 0 Å². The zero-order valence-corrected chi connectivity index (χ0v) is 37.1. The Balaban J connectivity index is 0.00000706. The maximum absolute atomic E-state index is 9.03. The van der Waals surface area contributed by atoms with E-state index in [0.717, 1.165) is 62.3 Å². The van der Waals surface area contributed by atoms with Crippen LogP contribution in [0.25, 0.3) is 89.1 Å². The number of benzene rings is 6. The van der Waals surface area contributed by atoms with Crippen LogP contribution >= 0.6 is 0 Å². The van der Waals surface area contributed by atoms with Gasteiger partial charge in [-0.05, 0) is 120 Å². The fraction of sp³-hybridized carbons (Fsp3) is 0.121. The molecule has 0 saturated heterocycles. The minimum Gasteiger partial charge on any atom is -0.496 e. The number of ether oxygens (including phenoxy) is 1. The molecule has 10 aromatic rings. The Hall–Kier alpha value is -6.94. The molecule has 0 unspecified atom stereocenters. The van der Waals surface area contributed by atoms with E-state index in [4.69, 9.17) is 30.6 Å². The second kappa shape index (κ2) is 17.3. The Labute approximate surface area is 406 Å². The first-order valence-electron chi connectivity index (χ1n) is 26.3. The Morgan fingerprint density at radius 2 is 1.25 bits per heavy atom. The Kier molecular flexibility index (Phi) is 8.17. The quantitative estimate of drug-likeness (QED) is 0.142. The summed E-state index contributed by atoms with van der Waals surface area (Å²) in [7, 11) is 0. The maximum Gasteiger partial charge on any atom is 2.00 e. The number of fused-ring (bicyclic) bond motifs is 3. The molecule has 10 rings (SSSR count). The predicted octanol–water partition coefficient (Wildman–Crippen LogP) is 15.3. The van der Waals surface area contributed by atoms with Crippen molar-refractivity contribution < 1.29 is 46.7 Å². The number of hydrogen-bond donors (Lipinski definition) is 0. The number of rotatable bonds is 8. The molecule has 64 heavy (non-hydrogen) atoms. The van der Waals surface area contributed by atoms with E-state index in [1.54, 1.807) is 30.5 Å². The van der Waals surface area contributed by atoms with Crippen molar-refractivity contribution in [3.8, 4) is 78.5 Å². The van der Waals surface area contributed by atoms with Gasteiger partial charge >= 0.3 is 21.1 Å². The van der Waals surface area contributed by atoms with Gasteiger partial charge in [-0.2, -0.15) is 0 Å². The van der Waals surface area contributed by atoms with E-state index in [9.17, 15) is 0 Å². The zero-order valence-electron chi connectivity index (χ0n) is 46.8. The first-order chi connectivity index (χ1) is 35.4. The van der Waals surface area contributed by atoms with Gasteiger partial charge in [-0.25, -0.2) is 4.98 Å². The van der Waals surface area contributed by atoms with Crippen LogP contribution in [0.4, 0.5) is 0 Å². The summed E-state index contributed by atoms with van der Waals surface area (Å²) in [4.78, 5) is 13.6. The van der Waals surface area contributed by atoms with Crippen molar-refractivity contribution in [2.75, 3.05) is 0 Å². The summed E-state index contributed by atoms with van der Waals surface area (Å²) < 4.78 is 114. The molecule has 0 fully saturated rings. The fourth-order valence-corrected chi connectivity index (χ4v) is 8.02. The molecule has 314 valence electrons. The van der Waals surface area contributed by atoms with Gasteiger partial charge in [-0.3, -0.25) is 0 Å². The number of aryl methyl sites for hydroxylation is 6. The summed E-state index contributed by atoms with van der Waals surface area (Å²) in [6, 6.07) is 47.0. The van der Waals surface area contributed by atoms with Crippen LogP contribution in [-0.2, 0) is 21.1 Å². The third kappa shape index (κ3) is 8.09. The van der Waals surface area contributed by atoms with Crippen LogP contribution in [0, 0.1) is 60.3 Å². The monoisotopic (exact) mass is 1020 g/mol. The SMILES string of the molecule is [2H]C([2H])([2H])c1ccc2c(n1)oc1c(-c3cc(-c4ccc(C)cc4C)c(C)cn3)[c-]c(Oc3[c-]c(-c4cc(C([2H])([2H])[2H])c(C([2H])([2H])[2H])cn4)cc(-c4ccc(-c5ccc(-c6ccccc6)cc5)cc4)c3C([2H])([2H])[2H])cc12.[Pt+2]. The summed E-state index contributed by atoms with van der Waals surface area (Å²) in [5, 5.41) is 0.858. The van der Waals surface area contributed by atoms with Crippen molar-refractivity contribution in [1.29, 1.82) is 0 Å². The normalized spacial score (nSPS) is 14.8. The van der Waals surface area contributed by atoms with Gasteiger partial charge in [-0.1, -0.05) is 167 Å². The number of furan rings is 1. The first kappa shape index (κ1) is 30.2. The summed E-state index contributed by atoms with van der Waals surface area (Å²) in [5.41, 5.74) is 9.13. The molecular formula is C58H45N3O2Pt. The van der Waals surface area contributed by atoms with Gasteiger partial charge in [-0.15, -0.1) is 11.6 Å². The van der Waals surface area contributed by atoms with E-state index >= 15 is 0 Å². The summed E-state index contributed by atoms with van der Waals surface area (Å²) in [5.74, 6) is -0.297. The predicted molar refractivity (Wildman–Crippen MR) is 257 cm³/mol. The molecule has 4 aromatic heterocycles. The van der Waals surface area contributed by atoms with Gasteiger partial charge in [0.25, 0.3) is 0 Å². The topological polar surface area (TPSA) is 61.0 Å². The van der Waals surface area contributed by atoms with Crippen molar-refractivity contribution >= 4 is 22.1 Å². The molecule has 0 spiro atoms. The standard InChI is InChI=1S/C58H45N3O2.Pt/c1-34-13-23-48(36(3)25-34)50-31-55(60-33-38(50)5)53-30-47(29-52-49-24-14-39(6)61-58(49)63-57(52)53)62-56-28-46(54-26-35(2)37(4)32-59-54)27-51(40(56)7)45-21-19-44(20-22-45)43-17-15-42(16-18-43)41-11-9-8-10-12-41;/h8-27,29,31-33H,1-7H3;/q-2;+2/i2D3,4D3,6D3,7D3;. The molecule has 6 aromatic carbocycles. The number of pyridine rings is 3. The number of hydrogen-bond acceptors (Lipinski definition) is 5. The molecule has 0 aliphatic rings. The molecule has 6 heteroatoms. The average Bonchev–Trinajstić information content (AvgIpc) is 3.73. The van der Waals surface area contributed by atoms with Crippen LogP contribution in [0.15, 0.2) is 150 Å². The zero-order chi connectivity index (χ0) is 53.4. The molecule has 0 saturated carbocycles. The first-order valence-corrected chi connectivity index (χ1v) is 20.3. The van der Waals surface area contributed by atoms with E-state index in [1.165, 1.54) is 12.1 Å². The van der Waals surface area contributed by atoms with Crippen LogP contribution in [0.2, 0.25) is 0 Å². The Bertz CT molecular complexity index is 3830. The molecule has 0 aliphatic heterocycles. The fourth-order valence-electron chi connectivity index (χ4n) is 8.02. The van der Waals surface area contributed by atoms with E-state index in [2.05, 4.69) is 28.2 Å². The van der Waals surface area contributed by atoms with Crippen LogP contribution in [0.5, 0.6) is 11.5 Å². The minimum atomic E-state index is -2.87. The van der Waals surface area contributed by atoms with E-state index in [-0.39, 0.29) is 71.9 Å². The van der Waals surface area contributed by atoms with Crippen LogP contribution < -0.4 is 4.74 Å². The molecule has 0 radical (unpaired) electrons. The van der Waals surface area contributed by atoms with Crippen LogP contribution in [0.1, 0.15) is 55.5 Å². The molecule has 0 atom stereocenters. The van der Waals surface area contributed by atoms with Gasteiger partial charge in [0.05, 0.1) is 5.58 Å². The third-order valence-electron chi connectivity index (χ3n) is 11.3. The number of aromatic nitrogens is 3. The molecule has 0 amide bonds. The van der Waals surface area contributed by atoms with Gasteiger partial charge in [0, 0.05) is 51.4 Å². The second-order valence-corrected chi connectivity index (χ2v) is 15.6. The Morgan fingerprint density at radius 1 is 0.547 bits per heavy atom. The average molecular weight is 1020 g/mol. The summed E-state index contributed by atoms with van der Waals surface area (Å²) >= 11 is 0. The van der Waals surface area contributed by atoms with Crippen molar-refractivity contribution in [1.82, 2.24) is 15.0 Å². The molecule has 0 N–H and O–H groups in total. The van der Waals surface area contributed by atoms with E-state index in [1.807, 2.05) is 106 Å².